The fourth-order valence-corrected chi connectivity index (χ4v) is 2.35. The molecule has 1 saturated heterocycles. The van der Waals surface area contributed by atoms with E-state index < -0.39 is 0 Å². The summed E-state index contributed by atoms with van der Waals surface area (Å²) in [6.45, 7) is 3.05. The van der Waals surface area contributed by atoms with Crippen molar-refractivity contribution in [1.82, 2.24) is 14.9 Å². The van der Waals surface area contributed by atoms with Gasteiger partial charge in [0.1, 0.15) is 0 Å². The lowest BCUT2D eigenvalue weighted by Gasteiger charge is -2.27. The van der Waals surface area contributed by atoms with E-state index in [1.54, 1.807) is 0 Å². The maximum absolute atomic E-state index is 4.26. The molecule has 1 fully saturated rings. The van der Waals surface area contributed by atoms with Gasteiger partial charge in [0.05, 0.1) is 6.33 Å². The lowest BCUT2D eigenvalue weighted by Crippen LogP contribution is -2.40. The molecule has 88 valence electrons. The maximum Gasteiger partial charge on any atom is 0.0951 e. The number of benzene rings is 1. The van der Waals surface area contributed by atoms with Gasteiger partial charge in [-0.05, 0) is 17.7 Å². The van der Waals surface area contributed by atoms with E-state index in [9.17, 15) is 0 Å². The predicted molar refractivity (Wildman–Crippen MR) is 71.1 cm³/mol. The minimum Gasteiger partial charge on any atom is -0.330 e. The largest absolute Gasteiger partial charge is 0.330 e. The summed E-state index contributed by atoms with van der Waals surface area (Å²) in [6.07, 6.45) is 3.92. The fraction of sp³-hybridized carbons (Fsp3) is 0.308. The molecule has 0 amide bonds. The molecule has 17 heavy (non-hydrogen) atoms. The van der Waals surface area contributed by atoms with Crippen molar-refractivity contribution in [3.05, 3.63) is 52.5 Å². The summed E-state index contributed by atoms with van der Waals surface area (Å²) in [5, 5.41) is 3.30. The average molecular weight is 292 g/mol. The number of halogens is 1. The van der Waals surface area contributed by atoms with E-state index in [1.165, 1.54) is 11.3 Å². The summed E-state index contributed by atoms with van der Waals surface area (Å²) in [7, 11) is 0. The number of aromatic nitrogens is 2. The van der Waals surface area contributed by atoms with E-state index in [1.807, 2.05) is 12.5 Å². The minimum absolute atomic E-state index is 0.632. The molecule has 0 radical (unpaired) electrons. The first-order valence-corrected chi connectivity index (χ1v) is 6.57. The van der Waals surface area contributed by atoms with Crippen molar-refractivity contribution >= 4 is 15.9 Å². The second-order valence-electron chi connectivity index (χ2n) is 4.43. The van der Waals surface area contributed by atoms with Crippen molar-refractivity contribution in [2.24, 2.45) is 0 Å². The van der Waals surface area contributed by atoms with E-state index in [4.69, 9.17) is 0 Å². The van der Waals surface area contributed by atoms with E-state index >= 15 is 0 Å². The highest BCUT2D eigenvalue weighted by atomic mass is 79.9. The van der Waals surface area contributed by atoms with E-state index in [-0.39, 0.29) is 0 Å². The molecule has 0 aliphatic carbocycles. The Morgan fingerprint density at radius 2 is 2.06 bits per heavy atom. The topological polar surface area (TPSA) is 29.9 Å². The van der Waals surface area contributed by atoms with Crippen LogP contribution in [0.1, 0.15) is 17.2 Å². The molecular formula is C13H14BrN3. The SMILES string of the molecule is Brc1ccc(Cn2cncc2C2CNC2)cc1. The summed E-state index contributed by atoms with van der Waals surface area (Å²) in [4.78, 5) is 4.26. The van der Waals surface area contributed by atoms with Crippen LogP contribution in [0, 0.1) is 0 Å². The molecule has 0 unspecified atom stereocenters. The van der Waals surface area contributed by atoms with Crippen LogP contribution in [-0.4, -0.2) is 22.6 Å². The predicted octanol–water partition coefficient (Wildman–Crippen LogP) is 2.38. The molecule has 1 aromatic heterocycles. The van der Waals surface area contributed by atoms with Gasteiger partial charge in [-0.1, -0.05) is 28.1 Å². The third-order valence-corrected chi connectivity index (χ3v) is 3.74. The van der Waals surface area contributed by atoms with Crippen molar-refractivity contribution in [3.8, 4) is 0 Å². The Labute approximate surface area is 109 Å². The number of hydrogen-bond acceptors (Lipinski definition) is 2. The summed E-state index contributed by atoms with van der Waals surface area (Å²) >= 11 is 3.45. The van der Waals surface area contributed by atoms with Gasteiger partial charge >= 0.3 is 0 Å². The molecule has 3 nitrogen and oxygen atoms in total. The Balaban J connectivity index is 1.80. The van der Waals surface area contributed by atoms with Crippen molar-refractivity contribution < 1.29 is 0 Å². The first-order valence-electron chi connectivity index (χ1n) is 5.78. The molecule has 1 aliphatic rings. The smallest absolute Gasteiger partial charge is 0.0951 e. The molecule has 0 saturated carbocycles. The number of rotatable bonds is 3. The van der Waals surface area contributed by atoms with Crippen LogP contribution in [0.25, 0.3) is 0 Å². The highest BCUT2D eigenvalue weighted by molar-refractivity contribution is 9.10. The third-order valence-electron chi connectivity index (χ3n) is 3.21. The van der Waals surface area contributed by atoms with Crippen LogP contribution in [0.2, 0.25) is 0 Å². The Kier molecular flexibility index (Phi) is 2.99. The third kappa shape index (κ3) is 2.28. The second kappa shape index (κ2) is 4.63. The van der Waals surface area contributed by atoms with Crippen LogP contribution in [0.5, 0.6) is 0 Å². The Morgan fingerprint density at radius 3 is 2.71 bits per heavy atom. The van der Waals surface area contributed by atoms with Crippen LogP contribution in [-0.2, 0) is 6.54 Å². The highest BCUT2D eigenvalue weighted by Crippen LogP contribution is 2.20. The lowest BCUT2D eigenvalue weighted by atomic mass is 10.00. The molecule has 2 aromatic rings. The van der Waals surface area contributed by atoms with Gasteiger partial charge in [-0.15, -0.1) is 0 Å². The monoisotopic (exact) mass is 291 g/mol. The number of nitrogens with zero attached hydrogens (tertiary/aromatic N) is 2. The fourth-order valence-electron chi connectivity index (χ4n) is 2.09. The van der Waals surface area contributed by atoms with Crippen molar-refractivity contribution in [2.75, 3.05) is 13.1 Å². The summed E-state index contributed by atoms with van der Waals surface area (Å²) < 4.78 is 3.37. The van der Waals surface area contributed by atoms with E-state index in [0.717, 1.165) is 24.1 Å². The molecule has 0 atom stereocenters. The minimum atomic E-state index is 0.632. The number of nitrogens with one attached hydrogen (secondary N) is 1. The summed E-state index contributed by atoms with van der Waals surface area (Å²) in [5.74, 6) is 0.632. The molecule has 1 aromatic carbocycles. The Hall–Kier alpha value is -1.13. The van der Waals surface area contributed by atoms with Gasteiger partial charge in [-0.2, -0.15) is 0 Å². The van der Waals surface area contributed by atoms with Gasteiger partial charge in [0.15, 0.2) is 0 Å². The Morgan fingerprint density at radius 1 is 1.29 bits per heavy atom. The van der Waals surface area contributed by atoms with Crippen molar-refractivity contribution in [1.29, 1.82) is 0 Å². The van der Waals surface area contributed by atoms with Gasteiger partial charge < -0.3 is 9.88 Å². The van der Waals surface area contributed by atoms with Crippen molar-refractivity contribution in [2.45, 2.75) is 12.5 Å². The molecule has 2 heterocycles. The zero-order chi connectivity index (χ0) is 11.7. The molecular weight excluding hydrogens is 278 g/mol. The zero-order valence-electron chi connectivity index (χ0n) is 9.44. The van der Waals surface area contributed by atoms with Crippen molar-refractivity contribution in [3.63, 3.8) is 0 Å². The molecule has 1 N–H and O–H groups in total. The van der Waals surface area contributed by atoms with Gasteiger partial charge in [-0.25, -0.2) is 4.98 Å². The van der Waals surface area contributed by atoms with E-state index in [0.29, 0.717) is 5.92 Å². The quantitative estimate of drug-likeness (QED) is 0.941. The van der Waals surface area contributed by atoms with Gasteiger partial charge in [0.25, 0.3) is 0 Å². The van der Waals surface area contributed by atoms with Crippen LogP contribution in [0.4, 0.5) is 0 Å². The molecule has 0 bridgehead atoms. The lowest BCUT2D eigenvalue weighted by molar-refractivity contribution is 0.427. The Bertz CT molecular complexity index is 500. The molecule has 3 rings (SSSR count). The zero-order valence-corrected chi connectivity index (χ0v) is 11.0. The molecule has 1 aliphatic heterocycles. The van der Waals surface area contributed by atoms with Gasteiger partial charge in [-0.3, -0.25) is 0 Å². The first kappa shape index (κ1) is 11.0. The standard InChI is InChI=1S/C13H14BrN3/c14-12-3-1-10(2-4-12)8-17-9-16-7-13(17)11-5-15-6-11/h1-4,7,9,11,15H,5-6,8H2. The second-order valence-corrected chi connectivity index (χ2v) is 5.34. The summed E-state index contributed by atoms with van der Waals surface area (Å²) in [5.41, 5.74) is 2.64. The van der Waals surface area contributed by atoms with Gasteiger partial charge in [0.2, 0.25) is 0 Å². The van der Waals surface area contributed by atoms with E-state index in [2.05, 4.69) is 55.1 Å². The highest BCUT2D eigenvalue weighted by Gasteiger charge is 2.22. The average Bonchev–Trinajstić information content (AvgIpc) is 2.68. The van der Waals surface area contributed by atoms with Gasteiger partial charge in [0, 0.05) is 41.9 Å². The number of hydrogen-bond donors (Lipinski definition) is 1. The summed E-state index contributed by atoms with van der Waals surface area (Å²) in [6, 6.07) is 8.45. The van der Waals surface area contributed by atoms with Crippen LogP contribution < -0.4 is 5.32 Å². The molecule has 0 spiro atoms. The maximum atomic E-state index is 4.26. The normalized spacial score (nSPS) is 15.8. The van der Waals surface area contributed by atoms with Crippen LogP contribution in [0.15, 0.2) is 41.3 Å². The number of imidazole rings is 1. The molecule has 4 heteroatoms. The van der Waals surface area contributed by atoms with Crippen LogP contribution in [0.3, 0.4) is 0 Å². The van der Waals surface area contributed by atoms with Crippen LogP contribution >= 0.6 is 15.9 Å². The first-order chi connectivity index (χ1) is 8.33.